The standard InChI is InChI=1S/C20H24F3NO/c1-2-3-4-15-5-7-16(8-6-15)12-20(22,23)25-14-17-9-10-18(13-24)19(21)11-17/h2,9-11,15-16H,1,3-8,12,14H2/t15-,16-. The Hall–Kier alpha value is -1.80. The molecule has 0 aliphatic heterocycles. The smallest absolute Gasteiger partial charge is 0.316 e. The number of hydrogen-bond donors (Lipinski definition) is 0. The quantitative estimate of drug-likeness (QED) is 0.541. The summed E-state index contributed by atoms with van der Waals surface area (Å²) in [4.78, 5) is 0. The highest BCUT2D eigenvalue weighted by atomic mass is 19.3. The van der Waals surface area contributed by atoms with Crippen LogP contribution in [0.3, 0.4) is 0 Å². The Labute approximate surface area is 147 Å². The molecule has 0 amide bonds. The van der Waals surface area contributed by atoms with E-state index in [1.807, 2.05) is 6.08 Å². The lowest BCUT2D eigenvalue weighted by molar-refractivity contribution is -0.256. The number of nitriles is 1. The molecule has 2 rings (SSSR count). The molecule has 0 atom stereocenters. The van der Waals surface area contributed by atoms with E-state index in [2.05, 4.69) is 6.58 Å². The molecule has 0 unspecified atom stereocenters. The Balaban J connectivity index is 1.79. The van der Waals surface area contributed by atoms with Crippen molar-refractivity contribution >= 4 is 0 Å². The lowest BCUT2D eigenvalue weighted by atomic mass is 9.78. The van der Waals surface area contributed by atoms with Crippen LogP contribution in [0.2, 0.25) is 0 Å². The average molecular weight is 351 g/mol. The Bertz CT molecular complexity index is 616. The van der Waals surface area contributed by atoms with Gasteiger partial charge in [0, 0.05) is 6.42 Å². The second-order valence-electron chi connectivity index (χ2n) is 6.81. The van der Waals surface area contributed by atoms with E-state index in [0.29, 0.717) is 11.5 Å². The maximum absolute atomic E-state index is 14.1. The summed E-state index contributed by atoms with van der Waals surface area (Å²) in [6.07, 6.45) is 4.02. The predicted molar refractivity (Wildman–Crippen MR) is 90.3 cm³/mol. The van der Waals surface area contributed by atoms with Crippen LogP contribution in [0, 0.1) is 29.0 Å². The second kappa shape index (κ2) is 9.05. The number of rotatable bonds is 8. The third-order valence-corrected chi connectivity index (χ3v) is 4.88. The van der Waals surface area contributed by atoms with Crippen molar-refractivity contribution in [3.05, 3.63) is 47.8 Å². The van der Waals surface area contributed by atoms with Crippen LogP contribution in [0.1, 0.15) is 56.1 Å². The van der Waals surface area contributed by atoms with Crippen molar-refractivity contribution in [1.29, 1.82) is 5.26 Å². The molecule has 0 radical (unpaired) electrons. The molecule has 136 valence electrons. The first-order valence-corrected chi connectivity index (χ1v) is 8.74. The molecule has 5 heteroatoms. The predicted octanol–water partition coefficient (Wildman–Crippen LogP) is 5.97. The number of benzene rings is 1. The van der Waals surface area contributed by atoms with Crippen LogP contribution in [-0.4, -0.2) is 6.11 Å². The van der Waals surface area contributed by atoms with Gasteiger partial charge in [-0.15, -0.1) is 6.58 Å². The molecule has 0 aromatic heterocycles. The second-order valence-corrected chi connectivity index (χ2v) is 6.81. The molecule has 25 heavy (non-hydrogen) atoms. The molecule has 1 aromatic carbocycles. The van der Waals surface area contributed by atoms with Gasteiger partial charge in [-0.3, -0.25) is 0 Å². The van der Waals surface area contributed by atoms with Crippen LogP contribution in [-0.2, 0) is 11.3 Å². The van der Waals surface area contributed by atoms with E-state index in [4.69, 9.17) is 10.00 Å². The van der Waals surface area contributed by atoms with Crippen molar-refractivity contribution in [3.63, 3.8) is 0 Å². The van der Waals surface area contributed by atoms with Gasteiger partial charge in [0.1, 0.15) is 11.9 Å². The van der Waals surface area contributed by atoms with Crippen LogP contribution in [0.15, 0.2) is 30.9 Å². The van der Waals surface area contributed by atoms with E-state index >= 15 is 0 Å². The minimum Gasteiger partial charge on any atom is -0.316 e. The van der Waals surface area contributed by atoms with Gasteiger partial charge in [0.25, 0.3) is 0 Å². The van der Waals surface area contributed by atoms with Crippen molar-refractivity contribution < 1.29 is 17.9 Å². The van der Waals surface area contributed by atoms with Crippen molar-refractivity contribution in [2.45, 2.75) is 57.7 Å². The van der Waals surface area contributed by atoms with E-state index in [9.17, 15) is 13.2 Å². The molecule has 1 fully saturated rings. The van der Waals surface area contributed by atoms with Gasteiger partial charge in [-0.1, -0.05) is 25.0 Å². The Morgan fingerprint density at radius 1 is 1.24 bits per heavy atom. The van der Waals surface area contributed by atoms with Crippen LogP contribution < -0.4 is 0 Å². The zero-order valence-electron chi connectivity index (χ0n) is 14.3. The fourth-order valence-electron chi connectivity index (χ4n) is 3.40. The highest BCUT2D eigenvalue weighted by molar-refractivity contribution is 5.33. The maximum atomic E-state index is 14.1. The minimum atomic E-state index is -3.22. The Morgan fingerprint density at radius 3 is 2.52 bits per heavy atom. The van der Waals surface area contributed by atoms with E-state index in [-0.39, 0.29) is 24.5 Å². The molecule has 1 aliphatic rings. The monoisotopic (exact) mass is 351 g/mol. The number of ether oxygens (including phenoxy) is 1. The van der Waals surface area contributed by atoms with Gasteiger partial charge in [-0.05, 0) is 55.2 Å². The summed E-state index contributed by atoms with van der Waals surface area (Å²) in [5, 5.41) is 8.67. The summed E-state index contributed by atoms with van der Waals surface area (Å²) in [5.41, 5.74) is 0.188. The number of hydrogen-bond acceptors (Lipinski definition) is 2. The number of alkyl halides is 2. The van der Waals surface area contributed by atoms with Gasteiger partial charge in [0.15, 0.2) is 0 Å². The van der Waals surface area contributed by atoms with Crippen molar-refractivity contribution in [2.24, 2.45) is 11.8 Å². The van der Waals surface area contributed by atoms with Gasteiger partial charge in [-0.25, -0.2) is 4.39 Å². The summed E-state index contributed by atoms with van der Waals surface area (Å²) >= 11 is 0. The zero-order valence-corrected chi connectivity index (χ0v) is 14.3. The fourth-order valence-corrected chi connectivity index (χ4v) is 3.40. The van der Waals surface area contributed by atoms with Crippen LogP contribution >= 0.6 is 0 Å². The summed E-state index contributed by atoms with van der Waals surface area (Å²) in [7, 11) is 0. The summed E-state index contributed by atoms with van der Waals surface area (Å²) in [5.74, 6) is -0.136. The van der Waals surface area contributed by atoms with E-state index < -0.39 is 11.9 Å². The summed E-state index contributed by atoms with van der Waals surface area (Å²) < 4.78 is 46.4. The molecular formula is C20H24F3NO. The van der Waals surface area contributed by atoms with Crippen LogP contribution in [0.25, 0.3) is 0 Å². The molecule has 1 aliphatic carbocycles. The third-order valence-electron chi connectivity index (χ3n) is 4.88. The van der Waals surface area contributed by atoms with Gasteiger partial charge in [0.2, 0.25) is 0 Å². The molecule has 1 saturated carbocycles. The molecule has 0 saturated heterocycles. The summed E-state index contributed by atoms with van der Waals surface area (Å²) in [6, 6.07) is 5.47. The molecule has 0 spiro atoms. The number of allylic oxidation sites excluding steroid dienone is 1. The maximum Gasteiger partial charge on any atom is 0.356 e. The number of halogens is 3. The van der Waals surface area contributed by atoms with Gasteiger partial charge < -0.3 is 4.74 Å². The summed E-state index contributed by atoms with van der Waals surface area (Å²) in [6.45, 7) is 3.34. The highest BCUT2D eigenvalue weighted by Gasteiger charge is 2.35. The van der Waals surface area contributed by atoms with Gasteiger partial charge >= 0.3 is 6.11 Å². The SMILES string of the molecule is C=CCC[C@H]1CC[C@H](CC(F)(F)OCc2ccc(C#N)c(F)c2)CC1. The van der Waals surface area contributed by atoms with E-state index in [1.165, 1.54) is 12.1 Å². The fraction of sp³-hybridized carbons (Fsp3) is 0.550. The van der Waals surface area contributed by atoms with Crippen LogP contribution in [0.5, 0.6) is 0 Å². The van der Waals surface area contributed by atoms with Gasteiger partial charge in [-0.2, -0.15) is 14.0 Å². The van der Waals surface area contributed by atoms with Crippen molar-refractivity contribution in [3.8, 4) is 6.07 Å². The molecule has 0 N–H and O–H groups in total. The molecule has 2 nitrogen and oxygen atoms in total. The number of nitrogens with zero attached hydrogens (tertiary/aromatic N) is 1. The first kappa shape index (κ1) is 19.5. The highest BCUT2D eigenvalue weighted by Crippen LogP contribution is 2.38. The molecule has 0 heterocycles. The average Bonchev–Trinajstić information content (AvgIpc) is 2.59. The van der Waals surface area contributed by atoms with Crippen molar-refractivity contribution in [2.75, 3.05) is 0 Å². The van der Waals surface area contributed by atoms with E-state index in [1.54, 1.807) is 6.07 Å². The normalized spacial score (nSPS) is 20.9. The molecule has 1 aromatic rings. The molecule has 0 bridgehead atoms. The first-order valence-electron chi connectivity index (χ1n) is 8.74. The third kappa shape index (κ3) is 6.21. The van der Waals surface area contributed by atoms with Crippen LogP contribution in [0.4, 0.5) is 13.2 Å². The Morgan fingerprint density at radius 2 is 1.92 bits per heavy atom. The minimum absolute atomic E-state index is 0.0346. The topological polar surface area (TPSA) is 33.0 Å². The lowest BCUT2D eigenvalue weighted by Gasteiger charge is -2.30. The van der Waals surface area contributed by atoms with Crippen molar-refractivity contribution in [1.82, 2.24) is 0 Å². The largest absolute Gasteiger partial charge is 0.356 e. The zero-order chi connectivity index (χ0) is 18.3. The Kier molecular flexibility index (Phi) is 7.07. The van der Waals surface area contributed by atoms with E-state index in [0.717, 1.165) is 44.6 Å². The lowest BCUT2D eigenvalue weighted by Crippen LogP contribution is -2.27. The van der Waals surface area contributed by atoms with Gasteiger partial charge in [0.05, 0.1) is 12.2 Å². The molecular weight excluding hydrogens is 327 g/mol. The first-order chi connectivity index (χ1) is 11.9.